The molecule has 15 heavy (non-hydrogen) atoms. The Hall–Kier alpha value is -0.795. The van der Waals surface area contributed by atoms with Crippen molar-refractivity contribution in [3.05, 3.63) is 29.8 Å². The van der Waals surface area contributed by atoms with Gasteiger partial charge in [-0.1, -0.05) is 44.0 Å². The average molecular weight is 204 g/mol. The number of fused-ring (bicyclic) bond motifs is 1. The topological polar surface area (TPSA) is 18.5 Å². The molecule has 2 rings (SSSR count). The Balaban J connectivity index is 1.85. The SMILES string of the molecule is CCCCCOB1OCc2ccccc21. The standard InChI is InChI=1S/C12H17BO2/c1-2-3-6-9-14-13-12-8-5-4-7-11(12)10-15-13/h4-5,7-8H,2-3,6,9-10H2,1H3. The van der Waals surface area contributed by atoms with Crippen molar-refractivity contribution in [1.82, 2.24) is 0 Å². The second-order valence-corrected chi connectivity index (χ2v) is 3.92. The molecule has 0 amide bonds. The Kier molecular flexibility index (Phi) is 3.81. The van der Waals surface area contributed by atoms with Crippen LogP contribution in [0.2, 0.25) is 0 Å². The van der Waals surface area contributed by atoms with Crippen LogP contribution in [0.1, 0.15) is 31.7 Å². The molecule has 0 radical (unpaired) electrons. The van der Waals surface area contributed by atoms with Crippen molar-refractivity contribution in [3.63, 3.8) is 0 Å². The summed E-state index contributed by atoms with van der Waals surface area (Å²) in [6, 6.07) is 8.27. The van der Waals surface area contributed by atoms with E-state index in [0.29, 0.717) is 6.61 Å². The van der Waals surface area contributed by atoms with Gasteiger partial charge in [0.25, 0.3) is 0 Å². The molecule has 0 aromatic heterocycles. The molecule has 0 fully saturated rings. The van der Waals surface area contributed by atoms with Gasteiger partial charge in [0.1, 0.15) is 0 Å². The number of unbranched alkanes of at least 4 members (excludes halogenated alkanes) is 2. The average Bonchev–Trinajstić information content (AvgIpc) is 2.68. The molecule has 1 aromatic rings. The summed E-state index contributed by atoms with van der Waals surface area (Å²) in [6.07, 6.45) is 3.58. The molecular formula is C12H17BO2. The van der Waals surface area contributed by atoms with Crippen molar-refractivity contribution in [3.8, 4) is 0 Å². The molecule has 2 nitrogen and oxygen atoms in total. The van der Waals surface area contributed by atoms with E-state index in [4.69, 9.17) is 9.31 Å². The number of benzene rings is 1. The van der Waals surface area contributed by atoms with Crippen LogP contribution in [-0.4, -0.2) is 13.7 Å². The zero-order valence-electron chi connectivity index (χ0n) is 9.24. The maximum absolute atomic E-state index is 5.71. The Bertz CT molecular complexity index is 314. The van der Waals surface area contributed by atoms with Crippen molar-refractivity contribution in [2.24, 2.45) is 0 Å². The van der Waals surface area contributed by atoms with E-state index >= 15 is 0 Å². The molecule has 3 heteroatoms. The van der Waals surface area contributed by atoms with Gasteiger partial charge < -0.3 is 9.31 Å². The second-order valence-electron chi connectivity index (χ2n) is 3.92. The van der Waals surface area contributed by atoms with Crippen molar-refractivity contribution in [2.75, 3.05) is 6.61 Å². The van der Waals surface area contributed by atoms with E-state index in [9.17, 15) is 0 Å². The monoisotopic (exact) mass is 204 g/mol. The zero-order chi connectivity index (χ0) is 10.5. The van der Waals surface area contributed by atoms with Crippen molar-refractivity contribution in [2.45, 2.75) is 32.8 Å². The maximum Gasteiger partial charge on any atom is 0.494 e. The lowest BCUT2D eigenvalue weighted by Crippen LogP contribution is -2.32. The Morgan fingerprint density at radius 2 is 2.20 bits per heavy atom. The summed E-state index contributed by atoms with van der Waals surface area (Å²) in [5.74, 6) is 0. The van der Waals surface area contributed by atoms with Gasteiger partial charge in [-0.25, -0.2) is 0 Å². The Morgan fingerprint density at radius 1 is 1.33 bits per heavy atom. The number of rotatable bonds is 5. The summed E-state index contributed by atoms with van der Waals surface area (Å²) < 4.78 is 11.3. The largest absolute Gasteiger partial charge is 0.494 e. The van der Waals surface area contributed by atoms with Gasteiger partial charge in [0.15, 0.2) is 0 Å². The first-order chi connectivity index (χ1) is 7.42. The van der Waals surface area contributed by atoms with Gasteiger partial charge in [0, 0.05) is 6.61 Å². The van der Waals surface area contributed by atoms with Crippen molar-refractivity contribution in [1.29, 1.82) is 0 Å². The molecule has 0 aliphatic carbocycles. The zero-order valence-corrected chi connectivity index (χ0v) is 9.24. The quantitative estimate of drug-likeness (QED) is 0.540. The minimum Gasteiger partial charge on any atom is -0.407 e. The van der Waals surface area contributed by atoms with E-state index < -0.39 is 0 Å². The van der Waals surface area contributed by atoms with Crippen LogP contribution >= 0.6 is 0 Å². The summed E-state index contributed by atoms with van der Waals surface area (Å²) >= 11 is 0. The lowest BCUT2D eigenvalue weighted by molar-refractivity contribution is 0.208. The van der Waals surface area contributed by atoms with Crippen molar-refractivity contribution >= 4 is 12.6 Å². The van der Waals surface area contributed by atoms with E-state index in [-0.39, 0.29) is 7.12 Å². The normalized spacial score (nSPS) is 14.3. The van der Waals surface area contributed by atoms with Crippen LogP contribution in [0, 0.1) is 0 Å². The van der Waals surface area contributed by atoms with Gasteiger partial charge in [-0.15, -0.1) is 0 Å². The van der Waals surface area contributed by atoms with Crippen LogP contribution in [-0.2, 0) is 15.9 Å². The third-order valence-corrected chi connectivity index (χ3v) is 2.72. The Labute approximate surface area is 91.7 Å². The van der Waals surface area contributed by atoms with Crippen molar-refractivity contribution < 1.29 is 9.31 Å². The van der Waals surface area contributed by atoms with Gasteiger partial charge in [-0.2, -0.15) is 0 Å². The molecule has 1 aliphatic heterocycles. The number of hydrogen-bond acceptors (Lipinski definition) is 2. The van der Waals surface area contributed by atoms with Crippen LogP contribution in [0.25, 0.3) is 0 Å². The minimum absolute atomic E-state index is 0.127. The molecule has 80 valence electrons. The predicted octanol–water partition coefficient (Wildman–Crippen LogP) is 2.12. The number of hydrogen-bond donors (Lipinski definition) is 0. The molecule has 0 saturated heterocycles. The van der Waals surface area contributed by atoms with Crippen LogP contribution in [0.5, 0.6) is 0 Å². The summed E-state index contributed by atoms with van der Waals surface area (Å²) in [6.45, 7) is 3.68. The molecule has 1 aromatic carbocycles. The molecule has 0 N–H and O–H groups in total. The lowest BCUT2D eigenvalue weighted by atomic mass is 9.79. The molecule has 0 saturated carbocycles. The van der Waals surface area contributed by atoms with Crippen LogP contribution in [0.4, 0.5) is 0 Å². The molecule has 0 spiro atoms. The molecule has 1 heterocycles. The van der Waals surface area contributed by atoms with Gasteiger partial charge in [-0.05, 0) is 17.4 Å². The van der Waals surface area contributed by atoms with E-state index in [1.807, 2.05) is 12.1 Å². The molecule has 1 aliphatic rings. The molecule has 0 unspecified atom stereocenters. The van der Waals surface area contributed by atoms with E-state index in [1.54, 1.807) is 0 Å². The highest BCUT2D eigenvalue weighted by Crippen LogP contribution is 2.11. The van der Waals surface area contributed by atoms with E-state index in [1.165, 1.54) is 23.9 Å². The first kappa shape index (κ1) is 10.7. The summed E-state index contributed by atoms with van der Waals surface area (Å²) in [5, 5.41) is 0. The fourth-order valence-electron chi connectivity index (χ4n) is 1.83. The van der Waals surface area contributed by atoms with E-state index in [2.05, 4.69) is 19.1 Å². The van der Waals surface area contributed by atoms with E-state index in [0.717, 1.165) is 13.0 Å². The molecule has 0 atom stereocenters. The van der Waals surface area contributed by atoms with Crippen LogP contribution < -0.4 is 5.46 Å². The lowest BCUT2D eigenvalue weighted by Gasteiger charge is -2.07. The fraction of sp³-hybridized carbons (Fsp3) is 0.500. The molecular weight excluding hydrogens is 187 g/mol. The maximum atomic E-state index is 5.71. The summed E-state index contributed by atoms with van der Waals surface area (Å²) in [5.41, 5.74) is 2.46. The third kappa shape index (κ3) is 2.61. The summed E-state index contributed by atoms with van der Waals surface area (Å²) in [4.78, 5) is 0. The first-order valence-electron chi connectivity index (χ1n) is 5.73. The highest BCUT2D eigenvalue weighted by Gasteiger charge is 2.29. The van der Waals surface area contributed by atoms with Gasteiger partial charge >= 0.3 is 7.12 Å². The summed E-state index contributed by atoms with van der Waals surface area (Å²) in [7, 11) is -0.127. The van der Waals surface area contributed by atoms with Gasteiger partial charge in [0.2, 0.25) is 0 Å². The molecule has 0 bridgehead atoms. The predicted molar refractivity (Wildman–Crippen MR) is 62.1 cm³/mol. The smallest absolute Gasteiger partial charge is 0.407 e. The van der Waals surface area contributed by atoms with Gasteiger partial charge in [0.05, 0.1) is 6.61 Å². The fourth-order valence-corrected chi connectivity index (χ4v) is 1.83. The second kappa shape index (κ2) is 5.33. The third-order valence-electron chi connectivity index (χ3n) is 2.72. The highest BCUT2D eigenvalue weighted by atomic mass is 16.6. The highest BCUT2D eigenvalue weighted by molar-refractivity contribution is 6.62. The van der Waals surface area contributed by atoms with Crippen LogP contribution in [0.3, 0.4) is 0 Å². The van der Waals surface area contributed by atoms with Gasteiger partial charge in [-0.3, -0.25) is 0 Å². The minimum atomic E-state index is -0.127. The van der Waals surface area contributed by atoms with Crippen LogP contribution in [0.15, 0.2) is 24.3 Å². The first-order valence-corrected chi connectivity index (χ1v) is 5.73. The Morgan fingerprint density at radius 3 is 3.07 bits per heavy atom.